The maximum absolute atomic E-state index is 14.4. The average Bonchev–Trinajstić information content (AvgIpc) is 2.60. The Hall–Kier alpha value is -2.12. The van der Waals surface area contributed by atoms with Crippen molar-refractivity contribution in [2.75, 3.05) is 5.32 Å². The molecular formula is C18H18ClFN4OS. The molecule has 0 aliphatic carbocycles. The highest BCUT2D eigenvalue weighted by Gasteiger charge is 2.31. The molecule has 3 rings (SSSR count). The molecule has 1 aromatic heterocycles. The molecule has 0 bridgehead atoms. The van der Waals surface area contributed by atoms with Crippen LogP contribution in [-0.2, 0) is 0 Å². The quantitative estimate of drug-likeness (QED) is 0.818. The lowest BCUT2D eigenvalue weighted by Crippen LogP contribution is -2.29. The van der Waals surface area contributed by atoms with Crippen molar-refractivity contribution < 1.29 is 9.18 Å². The van der Waals surface area contributed by atoms with Crippen molar-refractivity contribution in [3.8, 4) is 0 Å². The summed E-state index contributed by atoms with van der Waals surface area (Å²) in [5.41, 5.74) is 6.97. The fourth-order valence-corrected chi connectivity index (χ4v) is 3.78. The molecule has 8 heteroatoms. The van der Waals surface area contributed by atoms with Gasteiger partial charge in [-0.15, -0.1) is 0 Å². The summed E-state index contributed by atoms with van der Waals surface area (Å²) in [5.74, 6) is -0.673. The number of benzene rings is 1. The maximum Gasteiger partial charge on any atom is 0.274 e. The Morgan fingerprint density at radius 2 is 2.08 bits per heavy atom. The second kappa shape index (κ2) is 7.63. The topological polar surface area (TPSA) is 80.4 Å². The van der Waals surface area contributed by atoms with Gasteiger partial charge in [0.1, 0.15) is 11.5 Å². The fourth-order valence-electron chi connectivity index (χ4n) is 2.75. The Bertz CT molecular complexity index is 859. The monoisotopic (exact) mass is 392 g/mol. The van der Waals surface area contributed by atoms with E-state index in [4.69, 9.17) is 17.3 Å². The normalized spacial score (nSPS) is 22.6. The van der Waals surface area contributed by atoms with E-state index in [1.807, 2.05) is 13.8 Å². The molecule has 1 amide bonds. The minimum absolute atomic E-state index is 0.102. The zero-order valence-electron chi connectivity index (χ0n) is 14.2. The lowest BCUT2D eigenvalue weighted by Gasteiger charge is -2.31. The average molecular weight is 393 g/mol. The highest BCUT2D eigenvalue weighted by atomic mass is 35.5. The van der Waals surface area contributed by atoms with Crippen LogP contribution in [0.1, 0.15) is 35.9 Å². The van der Waals surface area contributed by atoms with Gasteiger partial charge in [-0.25, -0.2) is 9.37 Å². The SMILES string of the molecule is CC1C(c2cc(NC(=O)c3ccc(Cl)cn3)ccc2F)N=C(N)S[C@H]1C. The third-order valence-electron chi connectivity index (χ3n) is 4.34. The van der Waals surface area contributed by atoms with Crippen molar-refractivity contribution in [3.63, 3.8) is 0 Å². The second-order valence-corrected chi connectivity index (χ2v) is 7.98. The van der Waals surface area contributed by atoms with E-state index >= 15 is 0 Å². The van der Waals surface area contributed by atoms with E-state index in [2.05, 4.69) is 15.3 Å². The van der Waals surface area contributed by atoms with Crippen LogP contribution in [0.25, 0.3) is 0 Å². The molecule has 0 fully saturated rings. The molecule has 0 radical (unpaired) electrons. The van der Waals surface area contributed by atoms with Gasteiger partial charge in [0.05, 0.1) is 11.1 Å². The van der Waals surface area contributed by atoms with E-state index in [9.17, 15) is 9.18 Å². The number of amides is 1. The zero-order chi connectivity index (χ0) is 18.8. The molecule has 0 spiro atoms. The first kappa shape index (κ1) is 18.7. The number of hydrogen-bond donors (Lipinski definition) is 2. The number of amidine groups is 1. The molecule has 2 unspecified atom stereocenters. The Morgan fingerprint density at radius 3 is 2.77 bits per heavy atom. The van der Waals surface area contributed by atoms with Crippen molar-refractivity contribution in [2.45, 2.75) is 25.1 Å². The van der Waals surface area contributed by atoms with Gasteiger partial charge in [-0.05, 0) is 36.2 Å². The zero-order valence-corrected chi connectivity index (χ0v) is 15.8. The summed E-state index contributed by atoms with van der Waals surface area (Å²) < 4.78 is 14.4. The van der Waals surface area contributed by atoms with Crippen LogP contribution in [0.5, 0.6) is 0 Å². The Morgan fingerprint density at radius 1 is 1.31 bits per heavy atom. The van der Waals surface area contributed by atoms with Crippen LogP contribution in [0.15, 0.2) is 41.5 Å². The molecule has 5 nitrogen and oxygen atoms in total. The highest BCUT2D eigenvalue weighted by Crippen LogP contribution is 2.39. The number of hydrogen-bond acceptors (Lipinski definition) is 5. The van der Waals surface area contributed by atoms with Crippen molar-refractivity contribution >= 4 is 40.1 Å². The minimum atomic E-state index is -0.400. The first-order valence-corrected chi connectivity index (χ1v) is 9.33. The molecular weight excluding hydrogens is 375 g/mol. The van der Waals surface area contributed by atoms with E-state index in [1.165, 1.54) is 36.2 Å². The van der Waals surface area contributed by atoms with Gasteiger partial charge in [0.25, 0.3) is 5.91 Å². The van der Waals surface area contributed by atoms with E-state index in [0.29, 0.717) is 21.4 Å². The first-order valence-electron chi connectivity index (χ1n) is 8.07. The van der Waals surface area contributed by atoms with E-state index < -0.39 is 11.9 Å². The van der Waals surface area contributed by atoms with Crippen molar-refractivity contribution in [1.82, 2.24) is 4.98 Å². The van der Waals surface area contributed by atoms with E-state index in [-0.39, 0.29) is 22.7 Å². The molecule has 0 saturated carbocycles. The Kier molecular flexibility index (Phi) is 5.48. The summed E-state index contributed by atoms with van der Waals surface area (Å²) in [4.78, 5) is 20.7. The highest BCUT2D eigenvalue weighted by molar-refractivity contribution is 8.14. The van der Waals surface area contributed by atoms with Gasteiger partial charge in [-0.2, -0.15) is 0 Å². The van der Waals surface area contributed by atoms with Gasteiger partial charge in [-0.3, -0.25) is 9.79 Å². The number of anilines is 1. The predicted octanol–water partition coefficient (Wildman–Crippen LogP) is 4.25. The molecule has 3 N–H and O–H groups in total. The number of thioether (sulfide) groups is 1. The number of nitrogens with zero attached hydrogens (tertiary/aromatic N) is 2. The largest absolute Gasteiger partial charge is 0.379 e. The van der Waals surface area contributed by atoms with Crippen molar-refractivity contribution in [2.24, 2.45) is 16.6 Å². The number of aromatic nitrogens is 1. The van der Waals surface area contributed by atoms with Crippen LogP contribution in [0.2, 0.25) is 5.02 Å². The van der Waals surface area contributed by atoms with Crippen LogP contribution in [0, 0.1) is 11.7 Å². The first-order chi connectivity index (χ1) is 12.3. The lowest BCUT2D eigenvalue weighted by molar-refractivity contribution is 0.102. The molecule has 3 atom stereocenters. The van der Waals surface area contributed by atoms with Crippen LogP contribution in [0.3, 0.4) is 0 Å². The number of aliphatic imine (C=N–C) groups is 1. The van der Waals surface area contributed by atoms with Crippen LogP contribution in [-0.4, -0.2) is 21.3 Å². The summed E-state index contributed by atoms with van der Waals surface area (Å²) in [6.45, 7) is 4.06. The lowest BCUT2D eigenvalue weighted by atomic mass is 9.91. The fraction of sp³-hybridized carbons (Fsp3) is 0.278. The van der Waals surface area contributed by atoms with Crippen LogP contribution < -0.4 is 11.1 Å². The molecule has 0 saturated heterocycles. The number of rotatable bonds is 3. The molecule has 26 heavy (non-hydrogen) atoms. The number of nitrogens with two attached hydrogens (primary N) is 1. The maximum atomic E-state index is 14.4. The number of halogens is 2. The molecule has 1 aliphatic rings. The molecule has 2 heterocycles. The smallest absolute Gasteiger partial charge is 0.274 e. The number of carbonyl (C=O) groups is 1. The molecule has 136 valence electrons. The summed E-state index contributed by atoms with van der Waals surface area (Å²) in [5, 5.41) is 3.83. The van der Waals surface area contributed by atoms with Crippen molar-refractivity contribution in [1.29, 1.82) is 0 Å². The number of pyridine rings is 1. The molecule has 1 aliphatic heterocycles. The summed E-state index contributed by atoms with van der Waals surface area (Å²) in [7, 11) is 0. The summed E-state index contributed by atoms with van der Waals surface area (Å²) in [6.07, 6.45) is 1.40. The van der Waals surface area contributed by atoms with Gasteiger partial charge in [-0.1, -0.05) is 37.2 Å². The summed E-state index contributed by atoms with van der Waals surface area (Å²) in [6, 6.07) is 7.15. The van der Waals surface area contributed by atoms with E-state index in [0.717, 1.165) is 0 Å². The number of nitrogens with one attached hydrogen (secondary N) is 1. The van der Waals surface area contributed by atoms with E-state index in [1.54, 1.807) is 12.1 Å². The Labute approximate surface area is 160 Å². The third-order valence-corrected chi connectivity index (χ3v) is 5.72. The van der Waals surface area contributed by atoms with Gasteiger partial charge in [0.15, 0.2) is 5.17 Å². The standard InChI is InChI=1S/C18H18ClFN4OS/c1-9-10(2)26-18(21)24-16(9)13-7-12(4-5-14(13)20)23-17(25)15-6-3-11(19)8-22-15/h3-10,16H,1-2H3,(H2,21,24)(H,23,25)/t9?,10-,16?/m0/s1. The van der Waals surface area contributed by atoms with Crippen LogP contribution in [0.4, 0.5) is 10.1 Å². The van der Waals surface area contributed by atoms with Gasteiger partial charge >= 0.3 is 0 Å². The molecule has 2 aromatic rings. The minimum Gasteiger partial charge on any atom is -0.379 e. The van der Waals surface area contributed by atoms with Gasteiger partial charge in [0.2, 0.25) is 0 Å². The molecule has 1 aromatic carbocycles. The number of carbonyl (C=O) groups excluding carboxylic acids is 1. The Balaban J connectivity index is 1.87. The van der Waals surface area contributed by atoms with Gasteiger partial charge in [0, 0.05) is 22.7 Å². The predicted molar refractivity (Wildman–Crippen MR) is 104 cm³/mol. The van der Waals surface area contributed by atoms with Gasteiger partial charge < -0.3 is 11.1 Å². The second-order valence-electron chi connectivity index (χ2n) is 6.15. The van der Waals surface area contributed by atoms with Crippen molar-refractivity contribution in [3.05, 3.63) is 58.6 Å². The third kappa shape index (κ3) is 3.99. The van der Waals surface area contributed by atoms with Crippen LogP contribution >= 0.6 is 23.4 Å². The summed E-state index contributed by atoms with van der Waals surface area (Å²) >= 11 is 7.26.